The van der Waals surface area contributed by atoms with E-state index in [-0.39, 0.29) is 23.0 Å². The van der Waals surface area contributed by atoms with Gasteiger partial charge in [0.1, 0.15) is 0 Å². The van der Waals surface area contributed by atoms with Crippen LogP contribution in [-0.2, 0) is 16.2 Å². The minimum atomic E-state index is -0.0635. The van der Waals surface area contributed by atoms with Crippen molar-refractivity contribution in [3.8, 4) is 16.1 Å². The summed E-state index contributed by atoms with van der Waals surface area (Å²) >= 11 is 1.89. The molecule has 10 aromatic carbocycles. The first-order chi connectivity index (χ1) is 40.6. The first-order valence-electron chi connectivity index (χ1n) is 30.3. The maximum absolute atomic E-state index is 2.63. The second-order valence-corrected chi connectivity index (χ2v) is 28.5. The molecule has 0 amide bonds. The highest BCUT2D eigenvalue weighted by atomic mass is 32.1. The Labute approximate surface area is 507 Å². The van der Waals surface area contributed by atoms with Crippen molar-refractivity contribution in [2.24, 2.45) is 0 Å². The molecule has 0 saturated carbocycles. The molecule has 2 aliphatic rings. The highest BCUT2D eigenvalue weighted by Crippen LogP contribution is 2.50. The number of fused-ring (bicyclic) bond motifs is 8. The van der Waals surface area contributed by atoms with Crippen molar-refractivity contribution in [3.05, 3.63) is 245 Å². The third-order valence-corrected chi connectivity index (χ3v) is 19.4. The van der Waals surface area contributed by atoms with E-state index in [1.54, 1.807) is 0 Å². The molecule has 0 spiro atoms. The van der Waals surface area contributed by atoms with Crippen molar-refractivity contribution in [1.82, 2.24) is 4.57 Å². The van der Waals surface area contributed by atoms with Crippen LogP contribution in [0.1, 0.15) is 107 Å². The average Bonchev–Trinajstić information content (AvgIpc) is 1.60. The zero-order valence-corrected chi connectivity index (χ0v) is 52.6. The van der Waals surface area contributed by atoms with Gasteiger partial charge in [-0.2, -0.15) is 0 Å². The van der Waals surface area contributed by atoms with Crippen LogP contribution in [0.3, 0.4) is 0 Å². The van der Waals surface area contributed by atoms with Crippen LogP contribution in [-0.4, -0.2) is 11.3 Å². The first-order valence-corrected chi connectivity index (χ1v) is 31.2. The fourth-order valence-electron chi connectivity index (χ4n) is 14.1. The highest BCUT2D eigenvalue weighted by molar-refractivity contribution is 7.22. The van der Waals surface area contributed by atoms with Gasteiger partial charge in [-0.1, -0.05) is 165 Å². The molecule has 4 nitrogen and oxygen atoms in total. The van der Waals surface area contributed by atoms with Gasteiger partial charge in [-0.25, -0.2) is 0 Å². The Bertz CT molecular complexity index is 4590. The Morgan fingerprint density at radius 1 is 0.400 bits per heavy atom. The molecule has 12 aromatic rings. The van der Waals surface area contributed by atoms with Gasteiger partial charge in [-0.3, -0.25) is 0 Å². The van der Waals surface area contributed by atoms with Crippen molar-refractivity contribution in [2.75, 3.05) is 14.7 Å². The Morgan fingerprint density at radius 3 is 1.61 bits per heavy atom. The molecule has 0 unspecified atom stereocenters. The number of thiophene rings is 1. The summed E-state index contributed by atoms with van der Waals surface area (Å²) in [4.78, 5) is 9.08. The van der Waals surface area contributed by atoms with Crippen LogP contribution in [0, 0.1) is 34.6 Å². The number of hydrogen-bond donors (Lipinski definition) is 0. The van der Waals surface area contributed by atoms with Crippen LogP contribution in [0.5, 0.6) is 0 Å². The Morgan fingerprint density at radius 2 is 0.953 bits per heavy atom. The van der Waals surface area contributed by atoms with Crippen molar-refractivity contribution in [2.45, 2.75) is 113 Å². The molecule has 0 bridgehead atoms. The quantitative estimate of drug-likeness (QED) is 0.148. The molecule has 420 valence electrons. The molecule has 14 rings (SSSR count). The van der Waals surface area contributed by atoms with E-state index < -0.39 is 0 Å². The van der Waals surface area contributed by atoms with Crippen LogP contribution in [0.15, 0.2) is 200 Å². The van der Waals surface area contributed by atoms with Gasteiger partial charge in [0.05, 0.1) is 16.7 Å². The van der Waals surface area contributed by atoms with Gasteiger partial charge < -0.3 is 19.3 Å². The number of hydrogen-bond acceptors (Lipinski definition) is 4. The average molecular weight is 1120 g/mol. The third-order valence-electron chi connectivity index (χ3n) is 18.3. The molecular weight excluding hydrogens is 1050 g/mol. The normalized spacial score (nSPS) is 13.2. The summed E-state index contributed by atoms with van der Waals surface area (Å²) in [7, 11) is 0. The van der Waals surface area contributed by atoms with Crippen LogP contribution >= 0.6 is 11.3 Å². The van der Waals surface area contributed by atoms with Crippen LogP contribution in [0.4, 0.5) is 51.2 Å². The van der Waals surface area contributed by atoms with Crippen LogP contribution < -0.4 is 31.1 Å². The number of aryl methyl sites for hydroxylation is 5. The molecule has 0 fully saturated rings. The third kappa shape index (κ3) is 9.01. The molecule has 2 aliphatic heterocycles. The number of aromatic nitrogens is 1. The summed E-state index contributed by atoms with van der Waals surface area (Å²) in [5.41, 5.74) is 29.5. The predicted octanol–water partition coefficient (Wildman–Crippen LogP) is 20.7. The van der Waals surface area contributed by atoms with Crippen molar-refractivity contribution >= 4 is 118 Å². The molecule has 0 atom stereocenters. The SMILES string of the molecule is Cc1cc2c3c(c1)N(c1ccc(C(C)(C)C)cc1)c1cc(C(C)(C)C)ccc1B3c1ccc(N(c3ccc4c5ccccc5n(-c5ccccc5)c4c3)c3c(C)cc(C(C)(C)C)cc3C)cc1N2c1cc(C)c(-c2cc3ccccc3s2)c(C)c1. The molecule has 6 heteroatoms. The van der Waals surface area contributed by atoms with E-state index in [0.29, 0.717) is 0 Å². The lowest BCUT2D eigenvalue weighted by Gasteiger charge is -2.45. The monoisotopic (exact) mass is 1120 g/mol. The molecule has 0 radical (unpaired) electrons. The lowest BCUT2D eigenvalue weighted by atomic mass is 9.33. The summed E-state index contributed by atoms with van der Waals surface area (Å²) in [6.45, 7) is 32.4. The van der Waals surface area contributed by atoms with E-state index in [4.69, 9.17) is 0 Å². The van der Waals surface area contributed by atoms with Crippen LogP contribution in [0.2, 0.25) is 0 Å². The first kappa shape index (κ1) is 54.4. The van der Waals surface area contributed by atoms with Gasteiger partial charge in [0.2, 0.25) is 0 Å². The lowest BCUT2D eigenvalue weighted by Crippen LogP contribution is -2.61. The molecule has 2 aromatic heterocycles. The molecule has 85 heavy (non-hydrogen) atoms. The van der Waals surface area contributed by atoms with E-state index in [2.05, 4.69) is 316 Å². The summed E-state index contributed by atoms with van der Waals surface area (Å²) < 4.78 is 3.76. The zero-order valence-electron chi connectivity index (χ0n) is 51.8. The number of para-hydroxylation sites is 2. The largest absolute Gasteiger partial charge is 0.311 e. The van der Waals surface area contributed by atoms with Gasteiger partial charge in [0.15, 0.2) is 0 Å². The second kappa shape index (κ2) is 19.8. The standard InChI is InChI=1S/C79H75BN4S/c1-48-38-70-75-71(39-48)84(61-42-49(2)74(50(3)43-61)73-44-53-22-18-21-27-72(53)85-73)69-47-60(34-37-65(69)80(75)64-36-30-55(78(9,10)11)45-68(64)83(70)58-31-28-54(29-32-58)77(6,7)8)81(76-51(4)40-56(41-52(76)5)79(12,13)14)59-33-35-63-62-25-19-20-26-66(62)82(67(63)46-59)57-23-16-15-17-24-57/h15-47H,1-14H3. The molecule has 0 saturated heterocycles. The minimum Gasteiger partial charge on any atom is -0.311 e. The lowest BCUT2D eigenvalue weighted by molar-refractivity contribution is 0.589. The summed E-state index contributed by atoms with van der Waals surface area (Å²) in [5, 5.41) is 3.76. The summed E-state index contributed by atoms with van der Waals surface area (Å²) in [5.74, 6) is 0. The maximum atomic E-state index is 2.63. The molecular formula is C79H75BN4S. The fraction of sp³-hybridized carbons (Fsp3) is 0.215. The number of rotatable bonds is 7. The summed E-state index contributed by atoms with van der Waals surface area (Å²) in [6, 6.07) is 76.9. The van der Waals surface area contributed by atoms with E-state index in [0.717, 1.165) is 22.7 Å². The van der Waals surface area contributed by atoms with Gasteiger partial charge in [-0.15, -0.1) is 11.3 Å². The van der Waals surface area contributed by atoms with E-state index in [1.165, 1.54) is 137 Å². The molecule has 0 aliphatic carbocycles. The second-order valence-electron chi connectivity index (χ2n) is 27.4. The van der Waals surface area contributed by atoms with E-state index in [9.17, 15) is 0 Å². The number of anilines is 9. The molecule has 0 N–H and O–H groups in total. The number of nitrogens with zero attached hydrogens (tertiary/aromatic N) is 4. The number of benzene rings is 10. The predicted molar refractivity (Wildman–Crippen MR) is 370 cm³/mol. The Hall–Kier alpha value is -8.58. The summed E-state index contributed by atoms with van der Waals surface area (Å²) in [6.07, 6.45) is 0. The fourth-order valence-corrected chi connectivity index (χ4v) is 15.3. The van der Waals surface area contributed by atoms with Gasteiger partial charge in [-0.05, 0) is 220 Å². The van der Waals surface area contributed by atoms with Crippen molar-refractivity contribution < 1.29 is 0 Å². The van der Waals surface area contributed by atoms with Gasteiger partial charge >= 0.3 is 0 Å². The maximum Gasteiger partial charge on any atom is 0.252 e. The van der Waals surface area contributed by atoms with Gasteiger partial charge in [0, 0.05) is 71.5 Å². The zero-order chi connectivity index (χ0) is 59.2. The smallest absolute Gasteiger partial charge is 0.252 e. The van der Waals surface area contributed by atoms with Gasteiger partial charge in [0.25, 0.3) is 6.71 Å². The van der Waals surface area contributed by atoms with E-state index in [1.807, 2.05) is 11.3 Å². The van der Waals surface area contributed by atoms with Crippen LogP contribution in [0.25, 0.3) is 48.0 Å². The Balaban J connectivity index is 1.05. The van der Waals surface area contributed by atoms with Crippen molar-refractivity contribution in [1.29, 1.82) is 0 Å². The topological polar surface area (TPSA) is 14.7 Å². The highest BCUT2D eigenvalue weighted by Gasteiger charge is 2.44. The van der Waals surface area contributed by atoms with E-state index >= 15 is 0 Å². The van der Waals surface area contributed by atoms with Crippen molar-refractivity contribution in [3.63, 3.8) is 0 Å². The Kier molecular flexibility index (Phi) is 12.6. The minimum absolute atomic E-state index is 0.0228. The molecule has 4 heterocycles.